The van der Waals surface area contributed by atoms with Gasteiger partial charge in [0.15, 0.2) is 5.82 Å². The molecule has 0 unspecified atom stereocenters. The van der Waals surface area contributed by atoms with E-state index in [0.29, 0.717) is 57.8 Å². The third-order valence-corrected chi connectivity index (χ3v) is 10.5. The highest BCUT2D eigenvalue weighted by Gasteiger charge is 2.46. The highest BCUT2D eigenvalue weighted by atomic mass is 19.1. The summed E-state index contributed by atoms with van der Waals surface area (Å²) in [7, 11) is 0. The maximum absolute atomic E-state index is 15.1. The van der Waals surface area contributed by atoms with Gasteiger partial charge < -0.3 is 20.1 Å². The van der Waals surface area contributed by atoms with Gasteiger partial charge in [0.2, 0.25) is 0 Å². The Labute approximate surface area is 265 Å². The van der Waals surface area contributed by atoms with Crippen LogP contribution in [0.25, 0.3) is 38.6 Å². The zero-order valence-corrected chi connectivity index (χ0v) is 25.5. The molecule has 0 radical (unpaired) electrons. The van der Waals surface area contributed by atoms with Gasteiger partial charge in [0.05, 0.1) is 16.6 Å². The molecule has 232 valence electrons. The average molecular weight is 616 g/mol. The molecule has 0 saturated carbocycles. The molecule has 0 aliphatic carbocycles. The third kappa shape index (κ3) is 4.18. The van der Waals surface area contributed by atoms with Gasteiger partial charge in [0.1, 0.15) is 29.3 Å². The second-order valence-electron chi connectivity index (χ2n) is 13.4. The first-order valence-corrected chi connectivity index (χ1v) is 16.0. The monoisotopic (exact) mass is 615 g/mol. The van der Waals surface area contributed by atoms with Crippen LogP contribution in [0.5, 0.6) is 11.8 Å². The minimum Gasteiger partial charge on any atom is -0.508 e. The van der Waals surface area contributed by atoms with Crippen LogP contribution in [0.4, 0.5) is 10.2 Å². The number of phenols is 1. The summed E-state index contributed by atoms with van der Waals surface area (Å²) in [5, 5.41) is 15.7. The maximum atomic E-state index is 15.1. The zero-order valence-electron chi connectivity index (χ0n) is 25.5. The summed E-state index contributed by atoms with van der Waals surface area (Å²) in [5.41, 5.74) is 4.68. The van der Waals surface area contributed by atoms with Gasteiger partial charge in [-0.15, -0.1) is 6.42 Å². The molecular weight excluding hydrogens is 581 g/mol. The Bertz CT molecular complexity index is 2120. The van der Waals surface area contributed by atoms with Gasteiger partial charge in [-0.25, -0.2) is 9.37 Å². The zero-order chi connectivity index (χ0) is 31.2. The molecule has 9 rings (SSSR count). The van der Waals surface area contributed by atoms with E-state index in [1.54, 1.807) is 24.4 Å². The van der Waals surface area contributed by atoms with E-state index in [1.807, 2.05) is 16.7 Å². The Morgan fingerprint density at radius 1 is 1.15 bits per heavy atom. The van der Waals surface area contributed by atoms with E-state index in [4.69, 9.17) is 26.1 Å². The van der Waals surface area contributed by atoms with E-state index in [-0.39, 0.29) is 16.9 Å². The van der Waals surface area contributed by atoms with Crippen molar-refractivity contribution in [1.29, 1.82) is 0 Å². The molecule has 4 fully saturated rings. The highest BCUT2D eigenvalue weighted by molar-refractivity contribution is 6.06. The van der Waals surface area contributed by atoms with Gasteiger partial charge in [0.25, 0.3) is 0 Å². The maximum Gasteiger partial charge on any atom is 0.319 e. The van der Waals surface area contributed by atoms with Crippen LogP contribution in [0.3, 0.4) is 0 Å². The van der Waals surface area contributed by atoms with E-state index in [1.165, 1.54) is 11.6 Å². The molecule has 5 aromatic rings. The van der Waals surface area contributed by atoms with Gasteiger partial charge in [0, 0.05) is 55.1 Å². The van der Waals surface area contributed by atoms with Crippen molar-refractivity contribution < 1.29 is 14.2 Å². The number of nitrogens with one attached hydrogen (secondary N) is 1. The number of fused-ring (bicyclic) bond motifs is 7. The summed E-state index contributed by atoms with van der Waals surface area (Å²) >= 11 is 0. The number of terminal acetylenes is 1. The van der Waals surface area contributed by atoms with Gasteiger partial charge in [-0.3, -0.25) is 9.30 Å². The minimum absolute atomic E-state index is 0.0455. The van der Waals surface area contributed by atoms with Gasteiger partial charge in [-0.2, -0.15) is 9.97 Å². The number of rotatable bonds is 5. The Hall–Kier alpha value is -4.72. The number of piperazine rings is 1. The second kappa shape index (κ2) is 10.1. The van der Waals surface area contributed by atoms with Crippen LogP contribution in [0.2, 0.25) is 0 Å². The fourth-order valence-corrected chi connectivity index (χ4v) is 8.53. The first-order chi connectivity index (χ1) is 22.4. The molecular formula is C36H34FN7O2. The van der Waals surface area contributed by atoms with Crippen LogP contribution in [0.1, 0.15) is 37.7 Å². The number of hydrogen-bond donors (Lipinski definition) is 2. The molecule has 3 aromatic heterocycles. The molecule has 3 atom stereocenters. The van der Waals surface area contributed by atoms with Crippen molar-refractivity contribution in [3.05, 3.63) is 66.3 Å². The number of aromatic hydroxyl groups is 1. The molecule has 7 heterocycles. The van der Waals surface area contributed by atoms with Crippen molar-refractivity contribution in [1.82, 2.24) is 29.6 Å². The third-order valence-electron chi connectivity index (χ3n) is 10.5. The molecule has 2 bridgehead atoms. The number of anilines is 1. The van der Waals surface area contributed by atoms with Crippen LogP contribution < -0.4 is 15.0 Å². The summed E-state index contributed by atoms with van der Waals surface area (Å²) in [6.45, 7) is 8.40. The predicted octanol–water partition coefficient (Wildman–Crippen LogP) is 5.04. The summed E-state index contributed by atoms with van der Waals surface area (Å²) in [6.07, 6.45) is 14.9. The van der Waals surface area contributed by atoms with Crippen LogP contribution >= 0.6 is 0 Å². The van der Waals surface area contributed by atoms with Crippen LogP contribution in [0.15, 0.2) is 54.9 Å². The number of halogens is 1. The minimum atomic E-state index is -0.495. The molecule has 4 saturated heterocycles. The highest BCUT2D eigenvalue weighted by Crippen LogP contribution is 2.43. The Morgan fingerprint density at radius 3 is 2.83 bits per heavy atom. The molecule has 4 aliphatic heterocycles. The van der Waals surface area contributed by atoms with Crippen molar-refractivity contribution in [2.45, 2.75) is 49.7 Å². The first kappa shape index (κ1) is 27.6. The van der Waals surface area contributed by atoms with Crippen molar-refractivity contribution in [3.8, 4) is 35.2 Å². The molecule has 2 N–H and O–H groups in total. The van der Waals surface area contributed by atoms with Crippen LogP contribution in [-0.2, 0) is 0 Å². The molecule has 2 aromatic carbocycles. The van der Waals surface area contributed by atoms with E-state index >= 15 is 4.39 Å². The number of hydrogen-bond acceptors (Lipinski definition) is 8. The topological polar surface area (TPSA) is 91.1 Å². The summed E-state index contributed by atoms with van der Waals surface area (Å²) < 4.78 is 23.6. The van der Waals surface area contributed by atoms with Gasteiger partial charge >= 0.3 is 6.01 Å². The molecule has 0 spiro atoms. The number of nitrogens with zero attached hydrogens (tertiary/aromatic N) is 6. The fourth-order valence-electron chi connectivity index (χ4n) is 8.53. The van der Waals surface area contributed by atoms with Crippen LogP contribution in [0, 0.1) is 18.2 Å². The van der Waals surface area contributed by atoms with E-state index < -0.39 is 5.82 Å². The Kier molecular flexibility index (Phi) is 6.08. The largest absolute Gasteiger partial charge is 0.508 e. The van der Waals surface area contributed by atoms with Crippen molar-refractivity contribution in [2.75, 3.05) is 37.7 Å². The molecule has 4 aliphatic rings. The summed E-state index contributed by atoms with van der Waals surface area (Å²) in [4.78, 5) is 19.7. The van der Waals surface area contributed by atoms with Crippen molar-refractivity contribution in [2.24, 2.45) is 0 Å². The van der Waals surface area contributed by atoms with E-state index in [2.05, 4.69) is 27.6 Å². The predicted molar refractivity (Wildman–Crippen MR) is 176 cm³/mol. The number of pyridine rings is 1. The van der Waals surface area contributed by atoms with Gasteiger partial charge in [-0.05, 0) is 73.9 Å². The van der Waals surface area contributed by atoms with Gasteiger partial charge in [-0.1, -0.05) is 24.1 Å². The number of imidazole rings is 1. The lowest BCUT2D eigenvalue weighted by Gasteiger charge is -2.34. The second-order valence-corrected chi connectivity index (χ2v) is 13.4. The smallest absolute Gasteiger partial charge is 0.319 e. The lowest BCUT2D eigenvalue weighted by molar-refractivity contribution is 0.108. The lowest BCUT2D eigenvalue weighted by atomic mass is 9.94. The van der Waals surface area contributed by atoms with Crippen LogP contribution in [-0.4, -0.2) is 79.8 Å². The number of phenolic OH excluding ortho intramolecular Hbond substituents is 1. The standard InChI is InChI=1S/C36H34FN7O2/c1-3-26-29(37)8-5-22-13-25(45)14-27(31(22)26)28-15-30-32(44-12-10-38-33(28)44)34(42-18-23-6-7-24(19-42)39-23)41-35(40-30)46-20-36-9-4-11-43(36)17-21(2)16-36/h1,5,8,10,12-15,23-24,39,45H,2,4,6-7,9,11,16-20H2/t23-,24+,36-/m1/s1. The summed E-state index contributed by atoms with van der Waals surface area (Å²) in [6, 6.07) is 9.25. The van der Waals surface area contributed by atoms with E-state index in [9.17, 15) is 5.11 Å². The molecule has 0 amide bonds. The number of aromatic nitrogens is 4. The summed E-state index contributed by atoms with van der Waals surface area (Å²) in [5.74, 6) is 2.89. The number of ether oxygens (including phenoxy) is 1. The normalized spacial score (nSPS) is 24.3. The van der Waals surface area contributed by atoms with Crippen molar-refractivity contribution in [3.63, 3.8) is 0 Å². The van der Waals surface area contributed by atoms with Crippen molar-refractivity contribution >= 4 is 33.3 Å². The Morgan fingerprint density at radius 2 is 2.00 bits per heavy atom. The molecule has 46 heavy (non-hydrogen) atoms. The lowest BCUT2D eigenvalue weighted by Crippen LogP contribution is -2.51. The quantitative estimate of drug-likeness (QED) is 0.210. The first-order valence-electron chi connectivity index (χ1n) is 16.0. The average Bonchev–Trinajstić information content (AvgIpc) is 3.82. The fraction of sp³-hybridized carbons (Fsp3) is 0.361. The number of benzene rings is 2. The SMILES string of the molecule is C#Cc1c(F)ccc2cc(O)cc(-c3cc4nc(OC[C@]56CCCN5CC(=C)C6)nc(N5C[C@H]6CC[C@@H](C5)N6)c4n4ccnc34)c12. The Balaban J connectivity index is 1.25. The molecule has 9 nitrogen and oxygen atoms in total. The molecule has 10 heteroatoms. The van der Waals surface area contributed by atoms with E-state index in [0.717, 1.165) is 69.6 Å².